The zero-order valence-corrected chi connectivity index (χ0v) is 13.7. The minimum atomic E-state index is -0.369. The van der Waals surface area contributed by atoms with Crippen molar-refractivity contribution in [3.8, 4) is 5.69 Å². The number of nitrogens with zero attached hydrogens (tertiary/aromatic N) is 3. The van der Waals surface area contributed by atoms with Gasteiger partial charge in [-0.15, -0.1) is 12.4 Å². The fourth-order valence-corrected chi connectivity index (χ4v) is 2.07. The molecule has 0 bridgehead atoms. The predicted octanol–water partition coefficient (Wildman–Crippen LogP) is 2.03. The maximum absolute atomic E-state index is 13.8. The summed E-state index contributed by atoms with van der Waals surface area (Å²) < 4.78 is 15.3. The number of amides is 1. The van der Waals surface area contributed by atoms with Crippen molar-refractivity contribution in [3.63, 3.8) is 0 Å². The summed E-state index contributed by atoms with van der Waals surface area (Å²) in [4.78, 5) is 14.0. The van der Waals surface area contributed by atoms with E-state index in [1.165, 1.54) is 16.9 Å². The summed E-state index contributed by atoms with van der Waals surface area (Å²) in [6.45, 7) is 3.07. The van der Waals surface area contributed by atoms with Gasteiger partial charge in [0.15, 0.2) is 0 Å². The summed E-state index contributed by atoms with van der Waals surface area (Å²) in [5, 5.41) is 7.14. The molecule has 0 spiro atoms. The Kier molecular flexibility index (Phi) is 6.52. The standard InChI is InChI=1S/C15H19FN4O.ClH/c1-11-12(15(21)19(3)9-8-17-2)10-18-20(11)14-7-5-4-6-13(14)16;/h4-7,10,17H,8-9H2,1-3H3;1H. The molecule has 0 atom stereocenters. The molecule has 22 heavy (non-hydrogen) atoms. The molecule has 1 amide bonds. The first-order valence-corrected chi connectivity index (χ1v) is 6.76. The largest absolute Gasteiger partial charge is 0.340 e. The number of para-hydroxylation sites is 1. The fourth-order valence-electron chi connectivity index (χ4n) is 2.07. The first-order chi connectivity index (χ1) is 10.1. The van der Waals surface area contributed by atoms with Gasteiger partial charge in [0.25, 0.3) is 5.91 Å². The maximum Gasteiger partial charge on any atom is 0.257 e. The molecule has 1 N–H and O–H groups in total. The summed E-state index contributed by atoms with van der Waals surface area (Å²) >= 11 is 0. The van der Waals surface area contributed by atoms with Gasteiger partial charge >= 0.3 is 0 Å². The van der Waals surface area contributed by atoms with Gasteiger partial charge in [0.05, 0.1) is 17.5 Å². The Morgan fingerprint density at radius 2 is 2.09 bits per heavy atom. The van der Waals surface area contributed by atoms with E-state index in [0.29, 0.717) is 30.0 Å². The van der Waals surface area contributed by atoms with Gasteiger partial charge in [0, 0.05) is 20.1 Å². The number of carbonyl (C=O) groups excluding carboxylic acids is 1. The lowest BCUT2D eigenvalue weighted by Gasteiger charge is -2.16. The normalized spacial score (nSPS) is 10.2. The van der Waals surface area contributed by atoms with Gasteiger partial charge in [-0.25, -0.2) is 9.07 Å². The Balaban J connectivity index is 0.00000242. The first kappa shape index (κ1) is 18.1. The minimum Gasteiger partial charge on any atom is -0.340 e. The highest BCUT2D eigenvalue weighted by atomic mass is 35.5. The second kappa shape index (κ2) is 7.91. The molecule has 5 nitrogen and oxygen atoms in total. The molecule has 0 saturated carbocycles. The number of nitrogens with one attached hydrogen (secondary N) is 1. The molecule has 0 aliphatic heterocycles. The third-order valence-electron chi connectivity index (χ3n) is 3.36. The van der Waals surface area contributed by atoms with E-state index in [-0.39, 0.29) is 24.1 Å². The molecule has 0 saturated heterocycles. The van der Waals surface area contributed by atoms with E-state index < -0.39 is 0 Å². The number of benzene rings is 1. The van der Waals surface area contributed by atoms with Gasteiger partial charge in [-0.2, -0.15) is 5.10 Å². The topological polar surface area (TPSA) is 50.2 Å². The van der Waals surface area contributed by atoms with Crippen molar-refractivity contribution in [2.24, 2.45) is 0 Å². The number of carbonyl (C=O) groups is 1. The molecule has 0 aliphatic rings. The van der Waals surface area contributed by atoms with E-state index >= 15 is 0 Å². The Labute approximate surface area is 135 Å². The van der Waals surface area contributed by atoms with Crippen LogP contribution in [0.4, 0.5) is 4.39 Å². The van der Waals surface area contributed by atoms with Gasteiger partial charge in [-0.1, -0.05) is 12.1 Å². The predicted molar refractivity (Wildman–Crippen MR) is 86.4 cm³/mol. The number of aromatic nitrogens is 2. The van der Waals surface area contributed by atoms with Crippen LogP contribution in [0.15, 0.2) is 30.5 Å². The van der Waals surface area contributed by atoms with E-state index in [9.17, 15) is 9.18 Å². The molecular formula is C15H20ClFN4O. The molecule has 2 rings (SSSR count). The molecule has 1 aromatic heterocycles. The van der Waals surface area contributed by atoms with Gasteiger partial charge < -0.3 is 10.2 Å². The summed E-state index contributed by atoms with van der Waals surface area (Å²) in [6.07, 6.45) is 1.49. The SMILES string of the molecule is CNCCN(C)C(=O)c1cnn(-c2ccccc2F)c1C.Cl. The van der Waals surface area contributed by atoms with Crippen molar-refractivity contribution in [2.75, 3.05) is 27.2 Å². The number of hydrogen-bond acceptors (Lipinski definition) is 3. The van der Waals surface area contributed by atoms with Gasteiger partial charge in [0.1, 0.15) is 11.5 Å². The summed E-state index contributed by atoms with van der Waals surface area (Å²) in [5.74, 6) is -0.489. The Bertz CT molecular complexity index is 644. The lowest BCUT2D eigenvalue weighted by Crippen LogP contribution is -2.33. The summed E-state index contributed by atoms with van der Waals surface area (Å²) in [7, 11) is 3.57. The second-order valence-corrected chi connectivity index (χ2v) is 4.84. The van der Waals surface area contributed by atoms with Crippen molar-refractivity contribution in [1.82, 2.24) is 20.0 Å². The second-order valence-electron chi connectivity index (χ2n) is 4.84. The average Bonchev–Trinajstić information content (AvgIpc) is 2.86. The van der Waals surface area contributed by atoms with Crippen LogP contribution in [0.3, 0.4) is 0 Å². The van der Waals surface area contributed by atoms with Crippen LogP contribution in [-0.2, 0) is 0 Å². The van der Waals surface area contributed by atoms with Crippen LogP contribution >= 0.6 is 12.4 Å². The smallest absolute Gasteiger partial charge is 0.257 e. The van der Waals surface area contributed by atoms with Crippen LogP contribution < -0.4 is 5.32 Å². The fraction of sp³-hybridized carbons (Fsp3) is 0.333. The van der Waals surface area contributed by atoms with Crippen LogP contribution in [0.25, 0.3) is 5.69 Å². The van der Waals surface area contributed by atoms with Gasteiger partial charge in [-0.05, 0) is 26.1 Å². The number of likely N-dealkylation sites (N-methyl/N-ethyl adjacent to an activating group) is 2. The van der Waals surface area contributed by atoms with Crippen LogP contribution in [-0.4, -0.2) is 47.8 Å². The molecule has 120 valence electrons. The number of rotatable bonds is 5. The molecule has 0 fully saturated rings. The molecule has 2 aromatic rings. The van der Waals surface area contributed by atoms with E-state index in [1.54, 1.807) is 37.1 Å². The average molecular weight is 327 g/mol. The highest BCUT2D eigenvalue weighted by Crippen LogP contribution is 2.17. The Morgan fingerprint density at radius 3 is 2.73 bits per heavy atom. The van der Waals surface area contributed by atoms with E-state index in [2.05, 4.69) is 10.4 Å². The highest BCUT2D eigenvalue weighted by molar-refractivity contribution is 5.95. The third kappa shape index (κ3) is 3.64. The van der Waals surface area contributed by atoms with E-state index in [0.717, 1.165) is 0 Å². The molecule has 0 radical (unpaired) electrons. The van der Waals surface area contributed by atoms with Crippen LogP contribution in [0, 0.1) is 12.7 Å². The Hall–Kier alpha value is -1.92. The zero-order valence-electron chi connectivity index (χ0n) is 12.8. The monoisotopic (exact) mass is 326 g/mol. The Morgan fingerprint density at radius 1 is 1.41 bits per heavy atom. The highest BCUT2D eigenvalue weighted by Gasteiger charge is 2.19. The lowest BCUT2D eigenvalue weighted by molar-refractivity contribution is 0.0796. The molecule has 0 aliphatic carbocycles. The van der Waals surface area contributed by atoms with Gasteiger partial charge in [0.2, 0.25) is 0 Å². The van der Waals surface area contributed by atoms with E-state index in [4.69, 9.17) is 0 Å². The molecule has 1 heterocycles. The lowest BCUT2D eigenvalue weighted by atomic mass is 10.2. The number of halogens is 2. The van der Waals surface area contributed by atoms with Crippen molar-refractivity contribution < 1.29 is 9.18 Å². The van der Waals surface area contributed by atoms with Gasteiger partial charge in [-0.3, -0.25) is 4.79 Å². The summed E-state index contributed by atoms with van der Waals surface area (Å²) in [5.41, 5.74) is 1.45. The van der Waals surface area contributed by atoms with Crippen molar-refractivity contribution >= 4 is 18.3 Å². The van der Waals surface area contributed by atoms with E-state index in [1.807, 2.05) is 7.05 Å². The molecule has 1 aromatic carbocycles. The third-order valence-corrected chi connectivity index (χ3v) is 3.36. The summed E-state index contributed by atoms with van der Waals surface area (Å²) in [6, 6.07) is 6.36. The number of hydrogen-bond donors (Lipinski definition) is 1. The molecule has 7 heteroatoms. The van der Waals surface area contributed by atoms with Crippen LogP contribution in [0.2, 0.25) is 0 Å². The zero-order chi connectivity index (χ0) is 15.4. The minimum absolute atomic E-state index is 0. The van der Waals surface area contributed by atoms with Crippen molar-refractivity contribution in [2.45, 2.75) is 6.92 Å². The van der Waals surface area contributed by atoms with Crippen LogP contribution in [0.5, 0.6) is 0 Å². The van der Waals surface area contributed by atoms with Crippen LogP contribution in [0.1, 0.15) is 16.1 Å². The van der Waals surface area contributed by atoms with Crippen molar-refractivity contribution in [3.05, 3.63) is 47.5 Å². The first-order valence-electron chi connectivity index (χ1n) is 6.76. The quantitative estimate of drug-likeness (QED) is 0.914. The van der Waals surface area contributed by atoms with Crippen molar-refractivity contribution in [1.29, 1.82) is 0 Å². The maximum atomic E-state index is 13.8. The molecule has 0 unspecified atom stereocenters. The molecular weight excluding hydrogens is 307 g/mol.